The number of nitrogens with zero attached hydrogens (tertiary/aromatic N) is 2. The molecule has 0 saturated carbocycles. The second kappa shape index (κ2) is 6.88. The van der Waals surface area contributed by atoms with Crippen molar-refractivity contribution < 1.29 is 32.5 Å². The van der Waals surface area contributed by atoms with Gasteiger partial charge in [0.25, 0.3) is 12.8 Å². The molecule has 0 aromatic heterocycles. The van der Waals surface area contributed by atoms with E-state index in [0.29, 0.717) is 32.7 Å². The zero-order valence-corrected chi connectivity index (χ0v) is 9.60. The summed E-state index contributed by atoms with van der Waals surface area (Å²) >= 11 is 0. The van der Waals surface area contributed by atoms with Gasteiger partial charge in [0.2, 0.25) is 0 Å². The molecule has 6 nitrogen and oxygen atoms in total. The Morgan fingerprint density at radius 1 is 1.17 bits per heavy atom. The Morgan fingerprint density at radius 2 is 1.67 bits per heavy atom. The van der Waals surface area contributed by atoms with Crippen LogP contribution in [-0.4, -0.2) is 73.5 Å². The summed E-state index contributed by atoms with van der Waals surface area (Å²) in [7, 11) is 0. The largest absolute Gasteiger partial charge is 0.452 e. The van der Waals surface area contributed by atoms with Crippen molar-refractivity contribution in [3.8, 4) is 0 Å². The Morgan fingerprint density at radius 3 is 2.11 bits per heavy atom. The van der Waals surface area contributed by atoms with Crippen molar-refractivity contribution in [1.29, 1.82) is 0 Å². The molecule has 0 spiro atoms. The number of alkyl halides is 3. The van der Waals surface area contributed by atoms with Crippen LogP contribution in [0.5, 0.6) is 0 Å². The molecule has 1 saturated heterocycles. The molecule has 1 unspecified atom stereocenters. The van der Waals surface area contributed by atoms with Crippen LogP contribution in [0.1, 0.15) is 0 Å². The predicted octanol–water partition coefficient (Wildman–Crippen LogP) is -0.411. The van der Waals surface area contributed by atoms with Gasteiger partial charge in [-0.2, -0.15) is 13.2 Å². The normalized spacial score (nSPS) is 20.7. The van der Waals surface area contributed by atoms with Crippen LogP contribution >= 0.6 is 0 Å². The third-order valence-corrected chi connectivity index (χ3v) is 2.49. The van der Waals surface area contributed by atoms with Gasteiger partial charge in [-0.25, -0.2) is 0 Å². The van der Waals surface area contributed by atoms with E-state index in [1.54, 1.807) is 4.90 Å². The number of hydrogen-bond acceptors (Lipinski definition) is 6. The predicted molar refractivity (Wildman–Crippen MR) is 53.2 cm³/mol. The number of piperazine rings is 1. The Balaban J connectivity index is 2.18. The van der Waals surface area contributed by atoms with Crippen LogP contribution in [0.15, 0.2) is 0 Å². The molecule has 1 aliphatic rings. The number of carbonyl (C=O) groups is 1. The molecular weight excluding hydrogens is 257 g/mol. The van der Waals surface area contributed by atoms with Gasteiger partial charge in [0, 0.05) is 26.2 Å². The Kier molecular flexibility index (Phi) is 5.79. The number of hydrogen-bond donors (Lipinski definition) is 1. The number of carbonyl (C=O) groups excluding carboxylic acids is 1. The van der Waals surface area contributed by atoms with Crippen LogP contribution in [0.4, 0.5) is 13.2 Å². The van der Waals surface area contributed by atoms with Gasteiger partial charge in [0.05, 0.1) is 0 Å². The maximum atomic E-state index is 12.0. The highest BCUT2D eigenvalue weighted by Gasteiger charge is 2.39. The first kappa shape index (κ1) is 15.2. The van der Waals surface area contributed by atoms with E-state index in [4.69, 9.17) is 5.11 Å². The number of rotatable bonds is 6. The first-order chi connectivity index (χ1) is 8.43. The number of aliphatic hydroxyl groups is 1. The van der Waals surface area contributed by atoms with Crippen LogP contribution in [0.3, 0.4) is 0 Å². The maximum absolute atomic E-state index is 12.0. The van der Waals surface area contributed by atoms with E-state index in [2.05, 4.69) is 9.47 Å². The summed E-state index contributed by atoms with van der Waals surface area (Å²) in [5.41, 5.74) is 0. The molecule has 106 valence electrons. The number of aliphatic hydroxyl groups excluding tert-OH is 1. The van der Waals surface area contributed by atoms with Crippen molar-refractivity contribution in [2.45, 2.75) is 12.5 Å². The summed E-state index contributed by atoms with van der Waals surface area (Å²) < 4.78 is 44.7. The van der Waals surface area contributed by atoms with Crippen LogP contribution in [0.25, 0.3) is 0 Å². The van der Waals surface area contributed by atoms with E-state index < -0.39 is 12.5 Å². The third-order valence-electron chi connectivity index (χ3n) is 2.49. The highest BCUT2D eigenvalue weighted by atomic mass is 19.4. The zero-order valence-electron chi connectivity index (χ0n) is 9.60. The SMILES string of the molecule is O=COCN1CCN(COC(O)C(F)(F)F)CC1. The molecule has 1 fully saturated rings. The van der Waals surface area contributed by atoms with Gasteiger partial charge in [-0.05, 0) is 0 Å². The third kappa shape index (κ3) is 5.17. The lowest BCUT2D eigenvalue weighted by Gasteiger charge is -2.33. The van der Waals surface area contributed by atoms with Crippen LogP contribution < -0.4 is 0 Å². The molecular formula is C9H15F3N2O4. The van der Waals surface area contributed by atoms with Gasteiger partial charge in [0.15, 0.2) is 0 Å². The summed E-state index contributed by atoms with van der Waals surface area (Å²) in [5, 5.41) is 8.64. The number of ether oxygens (including phenoxy) is 2. The fraction of sp³-hybridized carbons (Fsp3) is 0.889. The summed E-state index contributed by atoms with van der Waals surface area (Å²) in [6.45, 7) is 2.29. The average Bonchev–Trinajstić information content (AvgIpc) is 2.33. The van der Waals surface area contributed by atoms with E-state index in [9.17, 15) is 18.0 Å². The molecule has 18 heavy (non-hydrogen) atoms. The van der Waals surface area contributed by atoms with Crippen molar-refractivity contribution in [3.05, 3.63) is 0 Å². The summed E-state index contributed by atoms with van der Waals surface area (Å²) in [6, 6.07) is 0. The number of halogens is 3. The van der Waals surface area contributed by atoms with Crippen molar-refractivity contribution in [2.75, 3.05) is 39.6 Å². The first-order valence-corrected chi connectivity index (χ1v) is 5.30. The molecule has 1 aliphatic heterocycles. The van der Waals surface area contributed by atoms with Gasteiger partial charge < -0.3 is 14.6 Å². The Hall–Kier alpha value is -0.900. The smallest absolute Gasteiger partial charge is 0.439 e. The van der Waals surface area contributed by atoms with Gasteiger partial charge >= 0.3 is 6.18 Å². The fourth-order valence-corrected chi connectivity index (χ4v) is 1.45. The lowest BCUT2D eigenvalue weighted by molar-refractivity contribution is -0.302. The van der Waals surface area contributed by atoms with E-state index in [1.807, 2.05) is 4.90 Å². The van der Waals surface area contributed by atoms with Crippen LogP contribution in [-0.2, 0) is 14.3 Å². The molecule has 0 aromatic carbocycles. The van der Waals surface area contributed by atoms with Crippen molar-refractivity contribution >= 4 is 6.47 Å². The van der Waals surface area contributed by atoms with Gasteiger partial charge in [-0.3, -0.25) is 14.6 Å². The molecule has 9 heteroatoms. The molecule has 0 radical (unpaired) electrons. The highest BCUT2D eigenvalue weighted by Crippen LogP contribution is 2.20. The molecule has 1 rings (SSSR count). The molecule has 1 heterocycles. The second-order valence-electron chi connectivity index (χ2n) is 3.82. The van der Waals surface area contributed by atoms with Crippen LogP contribution in [0.2, 0.25) is 0 Å². The standard InChI is InChI=1S/C9H15F3N2O4/c10-9(11,12)8(16)18-6-14-3-1-13(2-4-14)5-17-7-15/h7-8,16H,1-6H2. The van der Waals surface area contributed by atoms with E-state index in [1.165, 1.54) is 0 Å². The minimum Gasteiger partial charge on any atom is -0.452 e. The molecule has 1 atom stereocenters. The molecule has 0 aromatic rings. The minimum atomic E-state index is -4.76. The topological polar surface area (TPSA) is 62.2 Å². The quantitative estimate of drug-likeness (QED) is 0.524. The van der Waals surface area contributed by atoms with E-state index >= 15 is 0 Å². The van der Waals surface area contributed by atoms with Gasteiger partial charge in [-0.15, -0.1) is 0 Å². The monoisotopic (exact) mass is 272 g/mol. The highest BCUT2D eigenvalue weighted by molar-refractivity contribution is 5.36. The van der Waals surface area contributed by atoms with Gasteiger partial charge in [0.1, 0.15) is 13.5 Å². The average molecular weight is 272 g/mol. The van der Waals surface area contributed by atoms with Crippen molar-refractivity contribution in [1.82, 2.24) is 9.80 Å². The summed E-state index contributed by atoms with van der Waals surface area (Å²) in [5.74, 6) is 0. The lowest BCUT2D eigenvalue weighted by Crippen LogP contribution is -2.48. The minimum absolute atomic E-state index is 0.170. The molecule has 1 N–H and O–H groups in total. The molecule has 0 bridgehead atoms. The lowest BCUT2D eigenvalue weighted by atomic mass is 10.3. The van der Waals surface area contributed by atoms with Crippen LogP contribution in [0, 0.1) is 0 Å². The van der Waals surface area contributed by atoms with Crippen molar-refractivity contribution in [3.63, 3.8) is 0 Å². The Labute approximate surface area is 102 Å². The molecule has 0 aliphatic carbocycles. The fourth-order valence-electron chi connectivity index (χ4n) is 1.45. The molecule has 0 amide bonds. The maximum Gasteiger partial charge on any atom is 0.439 e. The van der Waals surface area contributed by atoms with Crippen molar-refractivity contribution in [2.24, 2.45) is 0 Å². The summed E-state index contributed by atoms with van der Waals surface area (Å²) in [4.78, 5) is 13.4. The van der Waals surface area contributed by atoms with E-state index in [0.717, 1.165) is 0 Å². The van der Waals surface area contributed by atoms with E-state index in [-0.39, 0.29) is 13.5 Å². The first-order valence-electron chi connectivity index (χ1n) is 5.30. The Bertz CT molecular complexity index is 257. The zero-order chi connectivity index (χ0) is 13.6. The summed E-state index contributed by atoms with van der Waals surface area (Å²) in [6.07, 6.45) is -7.52. The second-order valence-corrected chi connectivity index (χ2v) is 3.82. The van der Waals surface area contributed by atoms with Gasteiger partial charge in [-0.1, -0.05) is 0 Å².